The van der Waals surface area contributed by atoms with Crippen LogP contribution in [-0.2, 0) is 17.9 Å². The van der Waals surface area contributed by atoms with Gasteiger partial charge in [0.25, 0.3) is 0 Å². The van der Waals surface area contributed by atoms with Gasteiger partial charge in [0.15, 0.2) is 5.82 Å². The number of carbonyl (C=O) groups excluding carboxylic acids is 1. The molecule has 0 spiro atoms. The maximum Gasteiger partial charge on any atom is 0.227 e. The third-order valence-electron chi connectivity index (χ3n) is 4.94. The van der Waals surface area contributed by atoms with E-state index in [1.54, 1.807) is 0 Å². The van der Waals surface area contributed by atoms with Crippen LogP contribution in [-0.4, -0.2) is 32.1 Å². The predicted molar refractivity (Wildman–Crippen MR) is 80.4 cm³/mol. The highest BCUT2D eigenvalue weighted by molar-refractivity contribution is 5.83. The molecule has 0 bridgehead atoms. The predicted octanol–water partition coefficient (Wildman–Crippen LogP) is 2.17. The number of allylic oxidation sites excluding steroid dienone is 2. The molecule has 1 fully saturated rings. The third kappa shape index (κ3) is 2.28. The first-order chi connectivity index (χ1) is 9.82. The fourth-order valence-corrected chi connectivity index (χ4v) is 3.51. The average molecular weight is 288 g/mol. The van der Waals surface area contributed by atoms with Crippen LogP contribution in [0.3, 0.4) is 0 Å². The fraction of sp³-hybridized carbons (Fsp3) is 0.688. The molecule has 1 aliphatic heterocycles. The van der Waals surface area contributed by atoms with Gasteiger partial charge in [-0.1, -0.05) is 25.5 Å². The van der Waals surface area contributed by atoms with Gasteiger partial charge in [-0.3, -0.25) is 4.79 Å². The second-order valence-electron chi connectivity index (χ2n) is 7.14. The van der Waals surface area contributed by atoms with Crippen molar-refractivity contribution < 1.29 is 4.79 Å². The molecule has 21 heavy (non-hydrogen) atoms. The number of hydrogen-bond acceptors (Lipinski definition) is 3. The van der Waals surface area contributed by atoms with E-state index in [1.165, 1.54) is 5.57 Å². The summed E-state index contributed by atoms with van der Waals surface area (Å²) in [6, 6.07) is 0. The van der Waals surface area contributed by atoms with Crippen molar-refractivity contribution in [2.45, 2.75) is 47.7 Å². The first-order valence-corrected chi connectivity index (χ1v) is 7.65. The Hall–Kier alpha value is -1.65. The minimum absolute atomic E-state index is 0.0788. The van der Waals surface area contributed by atoms with Gasteiger partial charge >= 0.3 is 0 Å². The molecule has 0 N–H and O–H groups in total. The zero-order valence-electron chi connectivity index (χ0n) is 13.6. The van der Waals surface area contributed by atoms with Crippen LogP contribution >= 0.6 is 0 Å². The Balaban J connectivity index is 1.75. The lowest BCUT2D eigenvalue weighted by molar-refractivity contribution is -0.135. The first kappa shape index (κ1) is 14.3. The number of hydrogen-bond donors (Lipinski definition) is 0. The van der Waals surface area contributed by atoms with Crippen LogP contribution in [0.5, 0.6) is 0 Å². The average Bonchev–Trinajstić information content (AvgIpc) is 2.77. The van der Waals surface area contributed by atoms with Gasteiger partial charge in [0.1, 0.15) is 5.82 Å². The Morgan fingerprint density at radius 2 is 2.00 bits per heavy atom. The van der Waals surface area contributed by atoms with Crippen LogP contribution < -0.4 is 0 Å². The maximum absolute atomic E-state index is 12.8. The van der Waals surface area contributed by atoms with Crippen LogP contribution in [0.4, 0.5) is 0 Å². The van der Waals surface area contributed by atoms with Crippen molar-refractivity contribution in [2.24, 2.45) is 17.3 Å². The van der Waals surface area contributed by atoms with Gasteiger partial charge in [-0.2, -0.15) is 0 Å². The van der Waals surface area contributed by atoms with Gasteiger partial charge in [0.05, 0.1) is 12.5 Å². The number of fused-ring (bicyclic) bond motifs is 1. The summed E-state index contributed by atoms with van der Waals surface area (Å²) in [6.07, 6.45) is 2.25. The highest BCUT2D eigenvalue weighted by Gasteiger charge is 2.61. The molecule has 5 heteroatoms. The lowest BCUT2D eigenvalue weighted by Gasteiger charge is -2.28. The van der Waals surface area contributed by atoms with Crippen molar-refractivity contribution in [1.82, 2.24) is 19.7 Å². The fourth-order valence-electron chi connectivity index (χ4n) is 3.51. The van der Waals surface area contributed by atoms with Crippen LogP contribution in [0.1, 0.15) is 39.3 Å². The van der Waals surface area contributed by atoms with Gasteiger partial charge in [-0.15, -0.1) is 10.2 Å². The van der Waals surface area contributed by atoms with E-state index < -0.39 is 0 Å². The maximum atomic E-state index is 12.8. The van der Waals surface area contributed by atoms with E-state index in [0.29, 0.717) is 12.5 Å². The van der Waals surface area contributed by atoms with E-state index in [2.05, 4.69) is 48.5 Å². The summed E-state index contributed by atoms with van der Waals surface area (Å²) in [4.78, 5) is 14.8. The molecule has 1 amide bonds. The topological polar surface area (TPSA) is 51.0 Å². The number of nitrogens with zero attached hydrogens (tertiary/aromatic N) is 4. The van der Waals surface area contributed by atoms with Crippen LogP contribution in [0, 0.1) is 24.2 Å². The highest BCUT2D eigenvalue weighted by Crippen LogP contribution is 2.60. The summed E-state index contributed by atoms with van der Waals surface area (Å²) in [5.41, 5.74) is 1.37. The molecule has 1 saturated carbocycles. The Kier molecular flexibility index (Phi) is 3.19. The number of carbonyl (C=O) groups is 1. The second-order valence-corrected chi connectivity index (χ2v) is 7.14. The molecule has 114 valence electrons. The lowest BCUT2D eigenvalue weighted by Crippen LogP contribution is -2.40. The van der Waals surface area contributed by atoms with Gasteiger partial charge in [-0.05, 0) is 32.1 Å². The Morgan fingerprint density at radius 3 is 2.67 bits per heavy atom. The summed E-state index contributed by atoms with van der Waals surface area (Å²) >= 11 is 0. The van der Waals surface area contributed by atoms with E-state index in [9.17, 15) is 4.79 Å². The number of amides is 1. The second kappa shape index (κ2) is 4.68. The van der Waals surface area contributed by atoms with E-state index >= 15 is 0 Å². The molecule has 5 nitrogen and oxygen atoms in total. The lowest BCUT2D eigenvalue weighted by atomic mass is 10.1. The van der Waals surface area contributed by atoms with E-state index in [-0.39, 0.29) is 17.2 Å². The van der Waals surface area contributed by atoms with Gasteiger partial charge in [-0.25, -0.2) is 0 Å². The zero-order valence-corrected chi connectivity index (χ0v) is 13.6. The van der Waals surface area contributed by atoms with E-state index in [1.807, 2.05) is 11.8 Å². The Labute approximate surface area is 126 Å². The number of aromatic nitrogens is 3. The molecule has 2 heterocycles. The monoisotopic (exact) mass is 288 g/mol. The van der Waals surface area contributed by atoms with Crippen molar-refractivity contribution in [3.8, 4) is 0 Å². The summed E-state index contributed by atoms with van der Waals surface area (Å²) < 4.78 is 2.11. The minimum atomic E-state index is 0.0788. The summed E-state index contributed by atoms with van der Waals surface area (Å²) in [6.45, 7) is 12.7. The van der Waals surface area contributed by atoms with Crippen molar-refractivity contribution in [1.29, 1.82) is 0 Å². The third-order valence-corrected chi connectivity index (χ3v) is 4.94. The van der Waals surface area contributed by atoms with Crippen LogP contribution in [0.2, 0.25) is 0 Å². The Bertz CT molecular complexity index is 610. The van der Waals surface area contributed by atoms with Crippen LogP contribution in [0.25, 0.3) is 0 Å². The molecule has 2 atom stereocenters. The number of aryl methyl sites for hydroxylation is 1. The first-order valence-electron chi connectivity index (χ1n) is 7.65. The molecule has 0 radical (unpaired) electrons. The molecule has 3 rings (SSSR count). The summed E-state index contributed by atoms with van der Waals surface area (Å²) in [5.74, 6) is 2.60. The highest BCUT2D eigenvalue weighted by atomic mass is 16.2. The van der Waals surface area contributed by atoms with E-state index in [0.717, 1.165) is 24.7 Å². The Morgan fingerprint density at radius 1 is 1.29 bits per heavy atom. The molecular weight excluding hydrogens is 264 g/mol. The normalized spacial score (nSPS) is 26.2. The SMILES string of the molecule is CC(C)=C[C@H]1[C@@H](C(=O)N2CCn3c(C)nnc3C2)C1(C)C. The molecule has 0 aromatic carbocycles. The van der Waals surface area contributed by atoms with Crippen molar-refractivity contribution in [2.75, 3.05) is 6.54 Å². The van der Waals surface area contributed by atoms with Crippen molar-refractivity contribution >= 4 is 5.91 Å². The van der Waals surface area contributed by atoms with Gasteiger partial charge in [0.2, 0.25) is 5.91 Å². The molecular formula is C16H24N4O. The standard InChI is InChI=1S/C16H24N4O/c1-10(2)8-12-14(16(12,4)5)15(21)19-6-7-20-11(3)17-18-13(20)9-19/h8,12,14H,6-7,9H2,1-5H3/t12-,14-/m0/s1. The summed E-state index contributed by atoms with van der Waals surface area (Å²) in [7, 11) is 0. The van der Waals surface area contributed by atoms with Crippen molar-refractivity contribution in [3.05, 3.63) is 23.3 Å². The number of rotatable bonds is 2. The van der Waals surface area contributed by atoms with Gasteiger partial charge in [0, 0.05) is 13.1 Å². The molecule has 1 aromatic heterocycles. The minimum Gasteiger partial charge on any atom is -0.333 e. The largest absolute Gasteiger partial charge is 0.333 e. The molecule has 1 aliphatic carbocycles. The van der Waals surface area contributed by atoms with E-state index in [4.69, 9.17) is 0 Å². The zero-order chi connectivity index (χ0) is 15.4. The molecule has 0 unspecified atom stereocenters. The molecule has 1 aromatic rings. The smallest absolute Gasteiger partial charge is 0.227 e. The summed E-state index contributed by atoms with van der Waals surface area (Å²) in [5, 5.41) is 8.28. The molecule has 0 saturated heterocycles. The van der Waals surface area contributed by atoms with Crippen molar-refractivity contribution in [3.63, 3.8) is 0 Å². The van der Waals surface area contributed by atoms with Crippen LogP contribution in [0.15, 0.2) is 11.6 Å². The van der Waals surface area contributed by atoms with Gasteiger partial charge < -0.3 is 9.47 Å². The molecule has 2 aliphatic rings. The quantitative estimate of drug-likeness (QED) is 0.784.